The molecule has 0 saturated carbocycles. The number of rotatable bonds is 8. The quantitative estimate of drug-likeness (QED) is 0.444. The molecule has 1 aliphatic rings. The summed E-state index contributed by atoms with van der Waals surface area (Å²) in [5.74, 6) is 1.69. The number of methoxy groups -OCH3 is 1. The van der Waals surface area contributed by atoms with Crippen molar-refractivity contribution in [3.63, 3.8) is 0 Å². The Morgan fingerprint density at radius 2 is 1.67 bits per heavy atom. The summed E-state index contributed by atoms with van der Waals surface area (Å²) in [6.45, 7) is 5.04. The first-order valence-electron chi connectivity index (χ1n) is 10.3. The van der Waals surface area contributed by atoms with Crippen LogP contribution in [0.25, 0.3) is 0 Å². The van der Waals surface area contributed by atoms with Crippen molar-refractivity contribution in [2.45, 2.75) is 12.5 Å². The molecule has 0 radical (unpaired) electrons. The van der Waals surface area contributed by atoms with Gasteiger partial charge in [0, 0.05) is 44.0 Å². The smallest absolute Gasteiger partial charge is 0.142 e. The molecule has 158 valence electrons. The van der Waals surface area contributed by atoms with Crippen LogP contribution in [0.15, 0.2) is 66.0 Å². The number of halogens is 1. The molecule has 4 nitrogen and oxygen atoms in total. The summed E-state index contributed by atoms with van der Waals surface area (Å²) in [5.41, 5.74) is 1.18. The van der Waals surface area contributed by atoms with Crippen molar-refractivity contribution in [3.05, 3.63) is 75.9 Å². The average Bonchev–Trinajstić information content (AvgIpc) is 3.33. The summed E-state index contributed by atoms with van der Waals surface area (Å²) in [4.78, 5) is 6.16. The lowest BCUT2D eigenvalue weighted by molar-refractivity contribution is 0.163. The maximum Gasteiger partial charge on any atom is 0.142 e. The van der Waals surface area contributed by atoms with E-state index < -0.39 is 0 Å². The molecular formula is C24H27ClN2O2S. The minimum atomic E-state index is 0.0112. The molecule has 1 saturated heterocycles. The Morgan fingerprint density at radius 3 is 2.37 bits per heavy atom. The van der Waals surface area contributed by atoms with E-state index in [4.69, 9.17) is 21.1 Å². The van der Waals surface area contributed by atoms with Crippen LogP contribution in [-0.2, 0) is 0 Å². The highest BCUT2D eigenvalue weighted by atomic mass is 35.5. The maximum atomic E-state index is 6.33. The molecule has 3 aromatic rings. The minimum absolute atomic E-state index is 0.0112. The van der Waals surface area contributed by atoms with Crippen LogP contribution in [0.4, 0.5) is 5.69 Å². The summed E-state index contributed by atoms with van der Waals surface area (Å²) >= 11 is 8.07. The summed E-state index contributed by atoms with van der Waals surface area (Å²) in [7, 11) is 1.73. The zero-order valence-electron chi connectivity index (χ0n) is 17.2. The molecule has 0 spiro atoms. The summed E-state index contributed by atoms with van der Waals surface area (Å²) in [6.07, 6.45) is 0.942. The summed E-state index contributed by atoms with van der Waals surface area (Å²) in [5, 5.41) is 2.76. The van der Waals surface area contributed by atoms with E-state index in [1.54, 1.807) is 18.4 Å². The predicted molar refractivity (Wildman–Crippen MR) is 125 cm³/mol. The van der Waals surface area contributed by atoms with Gasteiger partial charge in [0.05, 0.1) is 17.8 Å². The summed E-state index contributed by atoms with van der Waals surface area (Å²) in [6, 6.07) is 20.2. The fraction of sp³-hybridized carbons (Fsp3) is 0.333. The second kappa shape index (κ2) is 10.2. The molecule has 0 aliphatic carbocycles. The molecule has 6 heteroatoms. The fourth-order valence-corrected chi connectivity index (χ4v) is 4.80. The maximum absolute atomic E-state index is 6.33. The Hall–Kier alpha value is -2.21. The molecule has 1 aromatic heterocycles. The highest BCUT2D eigenvalue weighted by molar-refractivity contribution is 7.10. The third kappa shape index (κ3) is 5.09. The van der Waals surface area contributed by atoms with Crippen molar-refractivity contribution in [1.82, 2.24) is 4.90 Å². The van der Waals surface area contributed by atoms with Gasteiger partial charge in [0.15, 0.2) is 0 Å². The molecule has 0 amide bonds. The van der Waals surface area contributed by atoms with Crippen molar-refractivity contribution in [2.24, 2.45) is 0 Å². The van der Waals surface area contributed by atoms with Crippen molar-refractivity contribution in [3.8, 4) is 11.5 Å². The van der Waals surface area contributed by atoms with Gasteiger partial charge in [-0.05, 0) is 35.7 Å². The molecule has 2 aromatic carbocycles. The van der Waals surface area contributed by atoms with Crippen LogP contribution in [0, 0.1) is 0 Å². The Labute approximate surface area is 187 Å². The molecule has 1 aliphatic heterocycles. The number of hydrogen-bond donors (Lipinski definition) is 0. The zero-order chi connectivity index (χ0) is 20.8. The highest BCUT2D eigenvalue weighted by Gasteiger charge is 2.22. The average molecular weight is 443 g/mol. The lowest BCUT2D eigenvalue weighted by Crippen LogP contribution is -2.47. The van der Waals surface area contributed by atoms with Crippen LogP contribution >= 0.6 is 22.9 Å². The Kier molecular flexibility index (Phi) is 7.16. The lowest BCUT2D eigenvalue weighted by Gasteiger charge is -2.37. The number of piperazine rings is 1. The number of benzene rings is 2. The largest absolute Gasteiger partial charge is 0.495 e. The van der Waals surface area contributed by atoms with Gasteiger partial charge in [-0.15, -0.1) is 11.3 Å². The van der Waals surface area contributed by atoms with Crippen LogP contribution < -0.4 is 14.4 Å². The number of ether oxygens (including phenoxy) is 2. The predicted octanol–water partition coefficient (Wildman–Crippen LogP) is 5.74. The molecule has 1 unspecified atom stereocenters. The molecule has 4 rings (SSSR count). The van der Waals surface area contributed by atoms with Crippen LogP contribution in [0.2, 0.25) is 5.02 Å². The van der Waals surface area contributed by atoms with Gasteiger partial charge < -0.3 is 14.4 Å². The standard InChI is InChI=1S/C24H27ClN2O2S/c1-28-22-10-5-3-8-20(22)27-16-14-26(15-17-27)13-12-23(24-11-6-18-30-24)29-21-9-4-2-7-19(21)25/h2-11,18,23H,12-17H2,1H3. The Balaban J connectivity index is 1.35. The molecular weight excluding hydrogens is 416 g/mol. The van der Waals surface area contributed by atoms with Crippen molar-refractivity contribution < 1.29 is 9.47 Å². The van der Waals surface area contributed by atoms with Gasteiger partial charge in [-0.3, -0.25) is 4.90 Å². The first-order valence-corrected chi connectivity index (χ1v) is 11.6. The minimum Gasteiger partial charge on any atom is -0.495 e. The van der Waals surface area contributed by atoms with Gasteiger partial charge in [-0.1, -0.05) is 41.9 Å². The number of hydrogen-bond acceptors (Lipinski definition) is 5. The van der Waals surface area contributed by atoms with Crippen molar-refractivity contribution in [2.75, 3.05) is 44.7 Å². The van der Waals surface area contributed by atoms with Crippen LogP contribution in [0.1, 0.15) is 17.4 Å². The first kappa shape index (κ1) is 21.0. The van der Waals surface area contributed by atoms with Crippen LogP contribution in [0.5, 0.6) is 11.5 Å². The van der Waals surface area contributed by atoms with E-state index in [0.29, 0.717) is 5.02 Å². The molecule has 0 N–H and O–H groups in total. The van der Waals surface area contributed by atoms with Gasteiger partial charge in [0.2, 0.25) is 0 Å². The second-order valence-electron chi connectivity index (χ2n) is 7.34. The monoisotopic (exact) mass is 442 g/mol. The molecule has 1 atom stereocenters. The fourth-order valence-electron chi connectivity index (χ4n) is 3.83. The number of anilines is 1. The molecule has 30 heavy (non-hydrogen) atoms. The van der Waals surface area contributed by atoms with Gasteiger partial charge in [0.25, 0.3) is 0 Å². The topological polar surface area (TPSA) is 24.9 Å². The van der Waals surface area contributed by atoms with E-state index in [1.165, 1.54) is 10.6 Å². The molecule has 0 bridgehead atoms. The molecule has 2 heterocycles. The van der Waals surface area contributed by atoms with Crippen molar-refractivity contribution in [1.29, 1.82) is 0 Å². The van der Waals surface area contributed by atoms with E-state index in [9.17, 15) is 0 Å². The van der Waals surface area contributed by atoms with Gasteiger partial charge in [-0.25, -0.2) is 0 Å². The molecule has 1 fully saturated rings. The van der Waals surface area contributed by atoms with Gasteiger partial charge in [-0.2, -0.15) is 0 Å². The zero-order valence-corrected chi connectivity index (χ0v) is 18.7. The number of nitrogens with zero attached hydrogens (tertiary/aromatic N) is 2. The number of para-hydroxylation sites is 3. The Morgan fingerprint density at radius 1 is 0.933 bits per heavy atom. The van der Waals surface area contributed by atoms with E-state index >= 15 is 0 Å². The second-order valence-corrected chi connectivity index (χ2v) is 8.73. The first-order chi connectivity index (χ1) is 14.7. The normalized spacial score (nSPS) is 15.7. The van der Waals surface area contributed by atoms with Gasteiger partial charge >= 0.3 is 0 Å². The van der Waals surface area contributed by atoms with E-state index in [2.05, 4.69) is 39.4 Å². The number of thiophene rings is 1. The highest BCUT2D eigenvalue weighted by Crippen LogP contribution is 2.33. The SMILES string of the molecule is COc1ccccc1N1CCN(CCC(Oc2ccccc2Cl)c2cccs2)CC1. The van der Waals surface area contributed by atoms with Crippen molar-refractivity contribution >= 4 is 28.6 Å². The van der Waals surface area contributed by atoms with Gasteiger partial charge in [0.1, 0.15) is 17.6 Å². The van der Waals surface area contributed by atoms with Crippen LogP contribution in [0.3, 0.4) is 0 Å². The Bertz CT molecular complexity index is 926. The third-order valence-corrected chi connectivity index (χ3v) is 6.75. The van der Waals surface area contributed by atoms with E-state index in [0.717, 1.165) is 50.6 Å². The summed E-state index contributed by atoms with van der Waals surface area (Å²) < 4.78 is 11.9. The van der Waals surface area contributed by atoms with Crippen LogP contribution in [-0.4, -0.2) is 44.7 Å². The van der Waals surface area contributed by atoms with E-state index in [-0.39, 0.29) is 6.10 Å². The third-order valence-electron chi connectivity index (χ3n) is 5.47. The lowest BCUT2D eigenvalue weighted by atomic mass is 10.1. The van der Waals surface area contributed by atoms with E-state index in [1.807, 2.05) is 36.4 Å².